The fourth-order valence-electron chi connectivity index (χ4n) is 3.35. The van der Waals surface area contributed by atoms with Gasteiger partial charge in [-0.3, -0.25) is 4.79 Å². The normalized spacial score (nSPS) is 19.7. The summed E-state index contributed by atoms with van der Waals surface area (Å²) in [5.74, 6) is 0.329. The highest BCUT2D eigenvalue weighted by molar-refractivity contribution is 5.94. The fraction of sp³-hybridized carbons (Fsp3) is 0.250. The van der Waals surface area contributed by atoms with Crippen LogP contribution in [0.1, 0.15) is 29.1 Å². The maximum absolute atomic E-state index is 13.9. The molecule has 6 heteroatoms. The Hall–Kier alpha value is -3.02. The second-order valence-electron chi connectivity index (χ2n) is 6.60. The van der Waals surface area contributed by atoms with Gasteiger partial charge in [-0.25, -0.2) is 4.39 Å². The molecule has 0 bridgehead atoms. The summed E-state index contributed by atoms with van der Waals surface area (Å²) in [6.07, 6.45) is 0. The van der Waals surface area contributed by atoms with Crippen molar-refractivity contribution in [3.05, 3.63) is 71.9 Å². The quantitative estimate of drug-likeness (QED) is 0.721. The Morgan fingerprint density at radius 1 is 1.12 bits per heavy atom. The number of hydrogen-bond donors (Lipinski definition) is 0. The third-order valence-corrected chi connectivity index (χ3v) is 4.79. The lowest BCUT2D eigenvalue weighted by Gasteiger charge is -2.16. The van der Waals surface area contributed by atoms with E-state index in [1.54, 1.807) is 17.0 Å². The molecule has 5 nitrogen and oxygen atoms in total. The zero-order valence-electron chi connectivity index (χ0n) is 14.3. The molecule has 0 aliphatic carbocycles. The SMILES string of the molecule is CC1CN(C(=O)c2ccccc2F)CC1c1nc(-c2ccccc2)no1. The smallest absolute Gasteiger partial charge is 0.256 e. The summed E-state index contributed by atoms with van der Waals surface area (Å²) in [4.78, 5) is 18.8. The van der Waals surface area contributed by atoms with Gasteiger partial charge in [-0.1, -0.05) is 54.5 Å². The first-order valence-electron chi connectivity index (χ1n) is 8.56. The van der Waals surface area contributed by atoms with E-state index in [2.05, 4.69) is 10.1 Å². The van der Waals surface area contributed by atoms with Gasteiger partial charge >= 0.3 is 0 Å². The molecule has 4 rings (SSSR count). The molecule has 3 aromatic rings. The summed E-state index contributed by atoms with van der Waals surface area (Å²) in [6, 6.07) is 15.6. The molecule has 26 heavy (non-hydrogen) atoms. The van der Waals surface area contributed by atoms with Crippen LogP contribution in [0.2, 0.25) is 0 Å². The van der Waals surface area contributed by atoms with Gasteiger partial charge in [0, 0.05) is 18.7 Å². The topological polar surface area (TPSA) is 59.2 Å². The number of hydrogen-bond acceptors (Lipinski definition) is 4. The van der Waals surface area contributed by atoms with Crippen LogP contribution in [0.3, 0.4) is 0 Å². The van der Waals surface area contributed by atoms with Crippen molar-refractivity contribution in [2.24, 2.45) is 5.92 Å². The van der Waals surface area contributed by atoms with Gasteiger partial charge in [0.1, 0.15) is 5.82 Å². The van der Waals surface area contributed by atoms with Gasteiger partial charge in [-0.05, 0) is 18.1 Å². The van der Waals surface area contributed by atoms with Crippen molar-refractivity contribution in [2.45, 2.75) is 12.8 Å². The van der Waals surface area contributed by atoms with Crippen LogP contribution in [0.5, 0.6) is 0 Å². The lowest BCUT2D eigenvalue weighted by molar-refractivity contribution is 0.0781. The highest BCUT2D eigenvalue weighted by Crippen LogP contribution is 2.33. The lowest BCUT2D eigenvalue weighted by atomic mass is 9.98. The number of benzene rings is 2. The second kappa shape index (κ2) is 6.71. The fourth-order valence-corrected chi connectivity index (χ4v) is 3.35. The Morgan fingerprint density at radius 3 is 2.62 bits per heavy atom. The number of halogens is 1. The molecule has 1 amide bonds. The number of nitrogens with zero attached hydrogens (tertiary/aromatic N) is 3. The van der Waals surface area contributed by atoms with Gasteiger partial charge in [0.05, 0.1) is 11.5 Å². The van der Waals surface area contributed by atoms with E-state index in [0.717, 1.165) is 5.56 Å². The maximum Gasteiger partial charge on any atom is 0.256 e. The van der Waals surface area contributed by atoms with Crippen LogP contribution < -0.4 is 0 Å². The average Bonchev–Trinajstić information content (AvgIpc) is 3.29. The first kappa shape index (κ1) is 16.4. The monoisotopic (exact) mass is 351 g/mol. The molecule has 1 aliphatic heterocycles. The van der Waals surface area contributed by atoms with Gasteiger partial charge in [-0.15, -0.1) is 0 Å². The van der Waals surface area contributed by atoms with Crippen molar-refractivity contribution in [3.8, 4) is 11.4 Å². The first-order chi connectivity index (χ1) is 12.6. The summed E-state index contributed by atoms with van der Waals surface area (Å²) < 4.78 is 19.4. The Balaban J connectivity index is 1.54. The summed E-state index contributed by atoms with van der Waals surface area (Å²) in [5, 5.41) is 4.06. The molecule has 1 aliphatic rings. The molecule has 2 aromatic carbocycles. The Kier molecular flexibility index (Phi) is 4.24. The minimum absolute atomic E-state index is 0.0596. The van der Waals surface area contributed by atoms with Crippen molar-refractivity contribution in [1.29, 1.82) is 0 Å². The third kappa shape index (κ3) is 2.98. The van der Waals surface area contributed by atoms with E-state index >= 15 is 0 Å². The molecule has 1 fully saturated rings. The van der Waals surface area contributed by atoms with Crippen LogP contribution >= 0.6 is 0 Å². The molecule has 1 saturated heterocycles. The van der Waals surface area contributed by atoms with Crippen molar-refractivity contribution in [2.75, 3.05) is 13.1 Å². The third-order valence-electron chi connectivity index (χ3n) is 4.79. The standard InChI is InChI=1S/C20H18FN3O2/c1-13-11-24(20(25)15-9-5-6-10-17(15)21)12-16(13)19-22-18(23-26-19)14-7-3-2-4-8-14/h2-10,13,16H,11-12H2,1H3. The van der Waals surface area contributed by atoms with Crippen LogP contribution in [-0.4, -0.2) is 34.0 Å². The predicted molar refractivity (Wildman–Crippen MR) is 93.9 cm³/mol. The van der Waals surface area contributed by atoms with E-state index in [1.165, 1.54) is 12.1 Å². The highest BCUT2D eigenvalue weighted by Gasteiger charge is 2.37. The van der Waals surface area contributed by atoms with E-state index in [9.17, 15) is 9.18 Å². The van der Waals surface area contributed by atoms with E-state index in [4.69, 9.17) is 4.52 Å². The zero-order valence-corrected chi connectivity index (χ0v) is 14.3. The van der Waals surface area contributed by atoms with Gasteiger partial charge in [0.2, 0.25) is 11.7 Å². The molecule has 2 unspecified atom stereocenters. The minimum Gasteiger partial charge on any atom is -0.339 e. The van der Waals surface area contributed by atoms with Crippen molar-refractivity contribution in [3.63, 3.8) is 0 Å². The molecule has 0 N–H and O–H groups in total. The van der Waals surface area contributed by atoms with Gasteiger partial charge in [-0.2, -0.15) is 4.98 Å². The van der Waals surface area contributed by atoms with Crippen molar-refractivity contribution >= 4 is 5.91 Å². The Bertz CT molecular complexity index is 926. The molecule has 2 heterocycles. The molecular weight excluding hydrogens is 333 g/mol. The van der Waals surface area contributed by atoms with E-state index in [-0.39, 0.29) is 23.3 Å². The number of aromatic nitrogens is 2. The van der Waals surface area contributed by atoms with E-state index in [0.29, 0.717) is 24.8 Å². The van der Waals surface area contributed by atoms with Crippen LogP contribution in [0.15, 0.2) is 59.1 Å². The number of carbonyl (C=O) groups is 1. The average molecular weight is 351 g/mol. The molecule has 0 radical (unpaired) electrons. The van der Waals surface area contributed by atoms with Crippen LogP contribution in [0.25, 0.3) is 11.4 Å². The summed E-state index contributed by atoms with van der Waals surface area (Å²) in [7, 11) is 0. The molecular formula is C20H18FN3O2. The minimum atomic E-state index is -0.502. The maximum atomic E-state index is 13.9. The zero-order chi connectivity index (χ0) is 18.1. The predicted octanol–water partition coefficient (Wildman–Crippen LogP) is 3.75. The summed E-state index contributed by atoms with van der Waals surface area (Å²) in [6.45, 7) is 3.00. The molecule has 1 aromatic heterocycles. The lowest BCUT2D eigenvalue weighted by Crippen LogP contribution is -2.29. The number of carbonyl (C=O) groups excluding carboxylic acids is 1. The van der Waals surface area contributed by atoms with E-state index in [1.807, 2.05) is 37.3 Å². The molecule has 2 atom stereocenters. The number of likely N-dealkylation sites (tertiary alicyclic amines) is 1. The molecule has 0 spiro atoms. The number of rotatable bonds is 3. The first-order valence-corrected chi connectivity index (χ1v) is 8.56. The van der Waals surface area contributed by atoms with E-state index < -0.39 is 5.82 Å². The molecule has 132 valence electrons. The summed E-state index contributed by atoms with van der Waals surface area (Å²) >= 11 is 0. The van der Waals surface area contributed by atoms with Crippen LogP contribution in [0, 0.1) is 11.7 Å². The number of amides is 1. The van der Waals surface area contributed by atoms with Gasteiger partial charge in [0.25, 0.3) is 5.91 Å². The van der Waals surface area contributed by atoms with Crippen molar-refractivity contribution in [1.82, 2.24) is 15.0 Å². The Morgan fingerprint density at radius 2 is 1.85 bits per heavy atom. The van der Waals surface area contributed by atoms with Crippen molar-refractivity contribution < 1.29 is 13.7 Å². The van der Waals surface area contributed by atoms with Crippen LogP contribution in [0.4, 0.5) is 4.39 Å². The highest BCUT2D eigenvalue weighted by atomic mass is 19.1. The molecule has 0 saturated carbocycles. The van der Waals surface area contributed by atoms with Gasteiger partial charge in [0.15, 0.2) is 0 Å². The summed E-state index contributed by atoms with van der Waals surface area (Å²) in [5.41, 5.74) is 0.975. The second-order valence-corrected chi connectivity index (χ2v) is 6.60. The van der Waals surface area contributed by atoms with Gasteiger partial charge < -0.3 is 9.42 Å². The van der Waals surface area contributed by atoms with Crippen LogP contribution in [-0.2, 0) is 0 Å². The largest absolute Gasteiger partial charge is 0.339 e. The Labute approximate surface area is 150 Å².